The fourth-order valence-corrected chi connectivity index (χ4v) is 6.55. The third-order valence-corrected chi connectivity index (χ3v) is 8.15. The highest BCUT2D eigenvalue weighted by molar-refractivity contribution is 7.19. The van der Waals surface area contributed by atoms with Crippen molar-refractivity contribution in [3.63, 3.8) is 0 Å². The van der Waals surface area contributed by atoms with E-state index in [1.807, 2.05) is 6.07 Å². The first-order valence-electron chi connectivity index (χ1n) is 12.2. The number of nitrogens with one attached hydrogen (secondary N) is 3. The van der Waals surface area contributed by atoms with Gasteiger partial charge in [-0.25, -0.2) is 15.4 Å². The van der Waals surface area contributed by atoms with Gasteiger partial charge >= 0.3 is 0 Å². The van der Waals surface area contributed by atoms with Crippen LogP contribution in [-0.4, -0.2) is 51.2 Å². The molecular weight excluding hydrogens is 464 g/mol. The first kappa shape index (κ1) is 22.5. The van der Waals surface area contributed by atoms with Crippen molar-refractivity contribution >= 4 is 44.7 Å². The molecule has 10 heteroatoms. The van der Waals surface area contributed by atoms with Gasteiger partial charge in [-0.15, -0.1) is 11.3 Å². The van der Waals surface area contributed by atoms with Crippen molar-refractivity contribution in [2.45, 2.75) is 51.7 Å². The number of aromatic nitrogens is 2. The minimum Gasteiger partial charge on any atom is -0.491 e. The SMILES string of the molecule is CCCOc1cc2c(cc1Nc1ncnc3sc4c(c13)CC[C@H](C(=O)N1CC(C)(O)C1)C4)CNN2. The molecule has 184 valence electrons. The van der Waals surface area contributed by atoms with Gasteiger partial charge in [0.2, 0.25) is 5.91 Å². The minimum atomic E-state index is -0.743. The lowest BCUT2D eigenvalue weighted by molar-refractivity contribution is -0.156. The fourth-order valence-electron chi connectivity index (χ4n) is 5.28. The van der Waals surface area contributed by atoms with Crippen LogP contribution in [0.5, 0.6) is 5.75 Å². The molecule has 0 unspecified atom stereocenters. The highest BCUT2D eigenvalue weighted by Crippen LogP contribution is 2.42. The van der Waals surface area contributed by atoms with E-state index in [4.69, 9.17) is 4.74 Å². The third-order valence-electron chi connectivity index (χ3n) is 6.99. The molecule has 35 heavy (non-hydrogen) atoms. The Morgan fingerprint density at radius 3 is 3.03 bits per heavy atom. The van der Waals surface area contributed by atoms with E-state index >= 15 is 0 Å². The number of amides is 1. The second-order valence-corrected chi connectivity index (χ2v) is 11.1. The number of aliphatic hydroxyl groups is 1. The normalized spacial score (nSPS) is 20.1. The van der Waals surface area contributed by atoms with Gasteiger partial charge in [0.05, 0.1) is 42.1 Å². The summed E-state index contributed by atoms with van der Waals surface area (Å²) in [5.74, 6) is 1.67. The summed E-state index contributed by atoms with van der Waals surface area (Å²) in [6, 6.07) is 4.13. The number of rotatable bonds is 6. The maximum Gasteiger partial charge on any atom is 0.226 e. The number of benzene rings is 1. The number of hydrogen-bond acceptors (Lipinski definition) is 9. The fraction of sp³-hybridized carbons (Fsp3) is 0.480. The van der Waals surface area contributed by atoms with Crippen LogP contribution in [0.25, 0.3) is 10.2 Å². The van der Waals surface area contributed by atoms with Crippen molar-refractivity contribution in [1.82, 2.24) is 20.3 Å². The Kier molecular flexibility index (Phi) is 5.54. The zero-order valence-electron chi connectivity index (χ0n) is 20.0. The van der Waals surface area contributed by atoms with Crippen molar-refractivity contribution < 1.29 is 14.6 Å². The minimum absolute atomic E-state index is 0.0400. The van der Waals surface area contributed by atoms with Gasteiger partial charge in [0.1, 0.15) is 22.7 Å². The number of thiophene rings is 1. The molecule has 0 saturated carbocycles. The summed E-state index contributed by atoms with van der Waals surface area (Å²) in [6.07, 6.45) is 4.85. The third kappa shape index (κ3) is 4.09. The zero-order valence-corrected chi connectivity index (χ0v) is 20.8. The smallest absolute Gasteiger partial charge is 0.226 e. The van der Waals surface area contributed by atoms with Crippen LogP contribution in [0.4, 0.5) is 17.2 Å². The molecule has 4 heterocycles. The molecule has 0 radical (unpaired) electrons. The van der Waals surface area contributed by atoms with Crippen molar-refractivity contribution in [1.29, 1.82) is 0 Å². The summed E-state index contributed by atoms with van der Waals surface area (Å²) in [5.41, 5.74) is 9.92. The summed E-state index contributed by atoms with van der Waals surface area (Å²) in [4.78, 5) is 26.1. The monoisotopic (exact) mass is 494 g/mol. The summed E-state index contributed by atoms with van der Waals surface area (Å²) in [6.45, 7) is 6.10. The number of ether oxygens (including phenoxy) is 1. The molecule has 9 nitrogen and oxygen atoms in total. The molecule has 3 aliphatic rings. The Morgan fingerprint density at radius 2 is 2.23 bits per heavy atom. The van der Waals surface area contributed by atoms with Crippen LogP contribution in [0.3, 0.4) is 0 Å². The van der Waals surface area contributed by atoms with Gasteiger partial charge in [-0.2, -0.15) is 0 Å². The topological polar surface area (TPSA) is 112 Å². The number of anilines is 3. The van der Waals surface area contributed by atoms with Crippen LogP contribution in [0.15, 0.2) is 18.5 Å². The van der Waals surface area contributed by atoms with Crippen LogP contribution in [0.2, 0.25) is 0 Å². The standard InChI is InChI=1S/C25H30N6O3S/c1-3-6-34-19-9-17-15(10-28-30-17)7-18(19)29-22-21-16-5-4-14(24(32)31-11-25(2,33)12-31)8-20(16)35-23(21)27-13-26-22/h7,9,13-14,28,30,33H,3-6,8,10-12H2,1-2H3,(H,26,27,29)/t14-/m0/s1. The number of carbonyl (C=O) groups excluding carboxylic acids is 1. The van der Waals surface area contributed by atoms with Gasteiger partial charge in [0.25, 0.3) is 0 Å². The molecule has 0 spiro atoms. The number of carbonyl (C=O) groups is 1. The van der Waals surface area contributed by atoms with E-state index < -0.39 is 5.60 Å². The van der Waals surface area contributed by atoms with E-state index in [1.54, 1.807) is 29.5 Å². The second-order valence-electron chi connectivity index (χ2n) is 9.99. The van der Waals surface area contributed by atoms with E-state index in [1.165, 1.54) is 16.0 Å². The lowest BCUT2D eigenvalue weighted by atomic mass is 9.85. The Balaban J connectivity index is 1.29. The van der Waals surface area contributed by atoms with Crippen molar-refractivity contribution in [3.8, 4) is 5.75 Å². The number of hydrogen-bond donors (Lipinski definition) is 4. The number of likely N-dealkylation sites (tertiary alicyclic amines) is 1. The highest BCUT2D eigenvalue weighted by atomic mass is 32.1. The van der Waals surface area contributed by atoms with E-state index in [-0.39, 0.29) is 11.8 Å². The van der Waals surface area contributed by atoms with Gasteiger partial charge in [0.15, 0.2) is 0 Å². The van der Waals surface area contributed by atoms with Crippen LogP contribution in [0, 0.1) is 5.92 Å². The Hall–Kier alpha value is -2.95. The summed E-state index contributed by atoms with van der Waals surface area (Å²) < 4.78 is 6.05. The van der Waals surface area contributed by atoms with Gasteiger partial charge < -0.3 is 25.5 Å². The zero-order chi connectivity index (χ0) is 24.2. The summed E-state index contributed by atoms with van der Waals surface area (Å²) in [7, 11) is 0. The number of aryl methyl sites for hydroxylation is 1. The van der Waals surface area contributed by atoms with Crippen LogP contribution in [-0.2, 0) is 24.2 Å². The molecule has 1 aromatic carbocycles. The van der Waals surface area contributed by atoms with Gasteiger partial charge in [-0.05, 0) is 49.8 Å². The molecule has 2 aromatic heterocycles. The molecular formula is C25H30N6O3S. The molecule has 6 rings (SSSR count). The highest BCUT2D eigenvalue weighted by Gasteiger charge is 2.42. The lowest BCUT2D eigenvalue weighted by Gasteiger charge is -2.45. The molecule has 4 N–H and O–H groups in total. The largest absolute Gasteiger partial charge is 0.491 e. The summed E-state index contributed by atoms with van der Waals surface area (Å²) in [5, 5.41) is 14.6. The van der Waals surface area contributed by atoms with Crippen LogP contribution < -0.4 is 20.9 Å². The summed E-state index contributed by atoms with van der Waals surface area (Å²) >= 11 is 1.66. The average Bonchev–Trinajstić information content (AvgIpc) is 3.44. The number of hydrazine groups is 1. The van der Waals surface area contributed by atoms with Gasteiger partial charge in [-0.1, -0.05) is 6.92 Å². The molecule has 2 aliphatic heterocycles. The lowest BCUT2D eigenvalue weighted by Crippen LogP contribution is -2.63. The second kappa shape index (κ2) is 8.61. The van der Waals surface area contributed by atoms with Crippen LogP contribution >= 0.6 is 11.3 Å². The number of nitrogens with zero attached hydrogens (tertiary/aromatic N) is 3. The first-order chi connectivity index (χ1) is 16.9. The number of β-amino-alcohol motifs (C(OH)–C–C–N with tert-alkyl or cyclic N) is 1. The maximum absolute atomic E-state index is 13.0. The van der Waals surface area contributed by atoms with E-state index in [2.05, 4.69) is 39.1 Å². The van der Waals surface area contributed by atoms with E-state index in [9.17, 15) is 9.90 Å². The Labute approximate surface area is 207 Å². The van der Waals surface area contributed by atoms with Crippen molar-refractivity contribution in [2.24, 2.45) is 5.92 Å². The first-order valence-corrected chi connectivity index (χ1v) is 13.1. The number of fused-ring (bicyclic) bond motifs is 4. The molecule has 1 amide bonds. The molecule has 3 aromatic rings. The average molecular weight is 495 g/mol. The maximum atomic E-state index is 13.0. The molecule has 1 fully saturated rings. The Morgan fingerprint density at radius 1 is 1.37 bits per heavy atom. The molecule has 1 aliphatic carbocycles. The van der Waals surface area contributed by atoms with E-state index in [0.717, 1.165) is 59.0 Å². The molecule has 1 saturated heterocycles. The predicted octanol–water partition coefficient (Wildman–Crippen LogP) is 3.35. The van der Waals surface area contributed by atoms with Crippen molar-refractivity contribution in [2.75, 3.05) is 30.4 Å². The Bertz CT molecular complexity index is 1300. The van der Waals surface area contributed by atoms with E-state index in [0.29, 0.717) is 26.1 Å². The predicted molar refractivity (Wildman–Crippen MR) is 136 cm³/mol. The van der Waals surface area contributed by atoms with Gasteiger partial charge in [-0.3, -0.25) is 4.79 Å². The quantitative estimate of drug-likeness (QED) is 0.413. The molecule has 0 bridgehead atoms. The van der Waals surface area contributed by atoms with Gasteiger partial charge in [0, 0.05) is 23.4 Å². The molecule has 1 atom stereocenters. The van der Waals surface area contributed by atoms with Crippen LogP contribution in [0.1, 0.15) is 42.7 Å². The van der Waals surface area contributed by atoms with Crippen molar-refractivity contribution in [3.05, 3.63) is 34.5 Å².